The molecular formula is C15H19N3O2. The molecule has 20 heavy (non-hydrogen) atoms. The third kappa shape index (κ3) is 2.52. The Bertz CT molecular complexity index is 640. The fourth-order valence-corrected chi connectivity index (χ4v) is 2.27. The monoisotopic (exact) mass is 273 g/mol. The lowest BCUT2D eigenvalue weighted by Gasteiger charge is -2.20. The first-order chi connectivity index (χ1) is 9.58. The Morgan fingerprint density at radius 2 is 2.20 bits per heavy atom. The summed E-state index contributed by atoms with van der Waals surface area (Å²) in [4.78, 5) is 17.7. The van der Waals surface area contributed by atoms with Crippen molar-refractivity contribution in [3.05, 3.63) is 30.0 Å². The van der Waals surface area contributed by atoms with Gasteiger partial charge < -0.3 is 15.0 Å². The van der Waals surface area contributed by atoms with Gasteiger partial charge in [-0.25, -0.2) is 4.98 Å². The lowest BCUT2D eigenvalue weighted by atomic mass is 10.1. The van der Waals surface area contributed by atoms with E-state index in [4.69, 9.17) is 4.74 Å². The summed E-state index contributed by atoms with van der Waals surface area (Å²) in [6.07, 6.45) is 1.78. The predicted molar refractivity (Wildman–Crippen MR) is 81.3 cm³/mol. The number of carbonyl (C=O) groups excluding carboxylic acids is 1. The number of aryl methyl sites for hydroxylation is 1. The topological polar surface area (TPSA) is 54.5 Å². The molecule has 1 aromatic heterocycles. The number of anilines is 2. The average Bonchev–Trinajstić information content (AvgIpc) is 2.46. The van der Waals surface area contributed by atoms with Crippen molar-refractivity contribution in [2.75, 3.05) is 38.0 Å². The lowest BCUT2D eigenvalue weighted by Crippen LogP contribution is -2.27. The van der Waals surface area contributed by atoms with Crippen molar-refractivity contribution in [1.29, 1.82) is 0 Å². The van der Waals surface area contributed by atoms with E-state index in [-0.39, 0.29) is 12.5 Å². The molecule has 0 saturated carbocycles. The molecule has 2 rings (SSSR count). The van der Waals surface area contributed by atoms with E-state index in [0.717, 1.165) is 27.8 Å². The van der Waals surface area contributed by atoms with Crippen LogP contribution in [0.2, 0.25) is 0 Å². The van der Waals surface area contributed by atoms with Gasteiger partial charge >= 0.3 is 5.97 Å². The quantitative estimate of drug-likeness (QED) is 0.865. The maximum atomic E-state index is 11.4. The number of likely N-dealkylation sites (N-methyl/N-ethyl adjacent to an activating group) is 1. The number of aromatic nitrogens is 1. The first kappa shape index (κ1) is 14.1. The third-order valence-electron chi connectivity index (χ3n) is 3.33. The van der Waals surface area contributed by atoms with E-state index in [9.17, 15) is 4.79 Å². The van der Waals surface area contributed by atoms with Crippen molar-refractivity contribution in [3.8, 4) is 0 Å². The van der Waals surface area contributed by atoms with Gasteiger partial charge in [-0.3, -0.25) is 4.79 Å². The molecular weight excluding hydrogens is 254 g/mol. The van der Waals surface area contributed by atoms with E-state index in [0.29, 0.717) is 0 Å². The molecule has 0 bridgehead atoms. The van der Waals surface area contributed by atoms with Gasteiger partial charge in [0.15, 0.2) is 0 Å². The van der Waals surface area contributed by atoms with Gasteiger partial charge in [0.05, 0.1) is 19.0 Å². The van der Waals surface area contributed by atoms with E-state index in [1.54, 1.807) is 11.1 Å². The van der Waals surface area contributed by atoms with Crippen molar-refractivity contribution in [2.24, 2.45) is 0 Å². The Morgan fingerprint density at radius 1 is 1.45 bits per heavy atom. The highest BCUT2D eigenvalue weighted by atomic mass is 16.5. The number of fused-ring (bicyclic) bond motifs is 1. The minimum atomic E-state index is -0.284. The van der Waals surface area contributed by atoms with Crippen molar-refractivity contribution in [1.82, 2.24) is 4.98 Å². The van der Waals surface area contributed by atoms with Crippen LogP contribution < -0.4 is 10.2 Å². The molecule has 1 heterocycles. The first-order valence-electron chi connectivity index (χ1n) is 6.42. The molecule has 1 N–H and O–H groups in total. The Morgan fingerprint density at radius 3 is 2.85 bits per heavy atom. The molecule has 0 saturated heterocycles. The second-order valence-corrected chi connectivity index (χ2v) is 4.68. The molecule has 2 aromatic rings. The molecule has 5 nitrogen and oxygen atoms in total. The largest absolute Gasteiger partial charge is 0.468 e. The van der Waals surface area contributed by atoms with Crippen molar-refractivity contribution < 1.29 is 9.53 Å². The summed E-state index contributed by atoms with van der Waals surface area (Å²) in [5.74, 6) is 0.497. The molecule has 1 aromatic carbocycles. The van der Waals surface area contributed by atoms with Crippen LogP contribution in [-0.4, -0.2) is 38.7 Å². The smallest absolute Gasteiger partial charge is 0.325 e. The number of nitrogens with one attached hydrogen (secondary N) is 1. The minimum absolute atomic E-state index is 0.172. The molecule has 0 aliphatic rings. The number of hydrogen-bond acceptors (Lipinski definition) is 5. The van der Waals surface area contributed by atoms with Gasteiger partial charge in [-0.05, 0) is 12.5 Å². The van der Waals surface area contributed by atoms with E-state index in [2.05, 4.69) is 10.3 Å². The minimum Gasteiger partial charge on any atom is -0.468 e. The summed E-state index contributed by atoms with van der Waals surface area (Å²) in [5, 5.41) is 5.28. The van der Waals surface area contributed by atoms with Gasteiger partial charge in [0.1, 0.15) is 12.4 Å². The predicted octanol–water partition coefficient (Wildman–Crippen LogP) is 2.19. The van der Waals surface area contributed by atoms with Crippen LogP contribution in [0.3, 0.4) is 0 Å². The normalized spacial score (nSPS) is 10.4. The number of nitrogens with zero attached hydrogens (tertiary/aromatic N) is 2. The zero-order valence-corrected chi connectivity index (χ0v) is 12.2. The van der Waals surface area contributed by atoms with E-state index in [1.165, 1.54) is 7.11 Å². The highest BCUT2D eigenvalue weighted by molar-refractivity contribution is 6.02. The van der Waals surface area contributed by atoms with E-state index < -0.39 is 0 Å². The highest BCUT2D eigenvalue weighted by Crippen LogP contribution is 2.31. The summed E-state index contributed by atoms with van der Waals surface area (Å²) in [7, 11) is 5.10. The number of ether oxygens (including phenoxy) is 1. The standard InChI is InChI=1S/C15H19N3O2/c1-10-6-5-7-11-12(16-2)8-17-15(14(10)11)18(3)9-13(19)20-4/h5-8,16H,9H2,1-4H3. The number of hydrogen-bond donors (Lipinski definition) is 1. The van der Waals surface area contributed by atoms with Gasteiger partial charge in [0.2, 0.25) is 0 Å². The Kier molecular flexibility index (Phi) is 4.08. The summed E-state index contributed by atoms with van der Waals surface area (Å²) in [6.45, 7) is 2.21. The first-order valence-corrected chi connectivity index (χ1v) is 6.42. The van der Waals surface area contributed by atoms with Crippen molar-refractivity contribution in [2.45, 2.75) is 6.92 Å². The molecule has 0 aliphatic carbocycles. The molecule has 106 valence electrons. The maximum Gasteiger partial charge on any atom is 0.325 e. The van der Waals surface area contributed by atoms with E-state index in [1.807, 2.05) is 39.2 Å². The van der Waals surface area contributed by atoms with Crippen LogP contribution in [0, 0.1) is 6.92 Å². The summed E-state index contributed by atoms with van der Waals surface area (Å²) in [5.41, 5.74) is 2.10. The van der Waals surface area contributed by atoms with Crippen LogP contribution in [0.1, 0.15) is 5.56 Å². The summed E-state index contributed by atoms with van der Waals surface area (Å²) < 4.78 is 4.71. The molecule has 0 radical (unpaired) electrons. The number of rotatable bonds is 4. The van der Waals surface area contributed by atoms with E-state index >= 15 is 0 Å². The van der Waals surface area contributed by atoms with Crippen LogP contribution >= 0.6 is 0 Å². The second kappa shape index (κ2) is 5.77. The number of esters is 1. The molecule has 0 amide bonds. The Labute approximate surface area is 118 Å². The van der Waals surface area contributed by atoms with Crippen molar-refractivity contribution in [3.63, 3.8) is 0 Å². The van der Waals surface area contributed by atoms with Gasteiger partial charge in [-0.15, -0.1) is 0 Å². The van der Waals surface area contributed by atoms with Crippen LogP contribution in [0.15, 0.2) is 24.4 Å². The average molecular weight is 273 g/mol. The molecule has 0 spiro atoms. The van der Waals surface area contributed by atoms with Gasteiger partial charge in [0.25, 0.3) is 0 Å². The van der Waals surface area contributed by atoms with Gasteiger partial charge in [-0.1, -0.05) is 18.2 Å². The fourth-order valence-electron chi connectivity index (χ4n) is 2.27. The van der Waals surface area contributed by atoms with Gasteiger partial charge in [-0.2, -0.15) is 0 Å². The Balaban J connectivity index is 2.57. The van der Waals surface area contributed by atoms with Crippen LogP contribution in [0.4, 0.5) is 11.5 Å². The number of methoxy groups -OCH3 is 1. The third-order valence-corrected chi connectivity index (χ3v) is 3.33. The fraction of sp³-hybridized carbons (Fsp3) is 0.333. The maximum absolute atomic E-state index is 11.4. The SMILES string of the molecule is CNc1cnc(N(C)CC(=O)OC)c2c(C)cccc12. The van der Waals surface area contributed by atoms with Crippen LogP contribution in [0.25, 0.3) is 10.8 Å². The van der Waals surface area contributed by atoms with Crippen LogP contribution in [0.5, 0.6) is 0 Å². The van der Waals surface area contributed by atoms with Crippen LogP contribution in [-0.2, 0) is 9.53 Å². The molecule has 0 unspecified atom stereocenters. The van der Waals surface area contributed by atoms with Crippen molar-refractivity contribution >= 4 is 28.2 Å². The molecule has 0 fully saturated rings. The zero-order valence-electron chi connectivity index (χ0n) is 12.2. The molecule has 0 aliphatic heterocycles. The lowest BCUT2D eigenvalue weighted by molar-refractivity contribution is -0.138. The molecule has 5 heteroatoms. The Hall–Kier alpha value is -2.30. The summed E-state index contributed by atoms with van der Waals surface area (Å²) >= 11 is 0. The molecule has 0 atom stereocenters. The zero-order chi connectivity index (χ0) is 14.7. The number of carbonyl (C=O) groups is 1. The summed E-state index contributed by atoms with van der Waals surface area (Å²) in [6, 6.07) is 6.10. The number of benzene rings is 1. The van der Waals surface area contributed by atoms with Gasteiger partial charge in [0, 0.05) is 24.9 Å². The number of pyridine rings is 1. The second-order valence-electron chi connectivity index (χ2n) is 4.68. The highest BCUT2D eigenvalue weighted by Gasteiger charge is 2.15.